The highest BCUT2D eigenvalue weighted by atomic mass is 35.5. The molecular weight excluding hydrogens is 365 g/mol. The number of halogens is 2. The van der Waals surface area contributed by atoms with Crippen LogP contribution in [0.15, 0.2) is 36.4 Å². The van der Waals surface area contributed by atoms with E-state index in [9.17, 15) is 4.79 Å². The standard InChI is InChI=1S/C18H15Cl2NO4/c1-23-17-9-12(11-21)4-6-16(17)25-18(22)3-2-8-24-15-7-5-13(19)10-14(15)20/h4-7,9-10H,2-3,8H2,1H3. The first kappa shape index (κ1) is 18.9. The SMILES string of the molecule is COc1cc(C#N)ccc1OC(=O)CCCOc1ccc(Cl)cc1Cl. The monoisotopic (exact) mass is 379 g/mol. The number of ether oxygens (including phenoxy) is 3. The molecule has 0 aliphatic heterocycles. The number of benzene rings is 2. The molecule has 0 unspecified atom stereocenters. The van der Waals surface area contributed by atoms with Gasteiger partial charge in [-0.3, -0.25) is 4.79 Å². The normalized spacial score (nSPS) is 10.0. The number of carbonyl (C=O) groups is 1. The maximum Gasteiger partial charge on any atom is 0.311 e. The van der Waals surface area contributed by atoms with Crippen LogP contribution >= 0.6 is 23.2 Å². The molecule has 0 radical (unpaired) electrons. The summed E-state index contributed by atoms with van der Waals surface area (Å²) >= 11 is 11.8. The number of methoxy groups -OCH3 is 1. The highest BCUT2D eigenvalue weighted by Gasteiger charge is 2.11. The second-order valence-corrected chi connectivity index (χ2v) is 5.82. The highest BCUT2D eigenvalue weighted by molar-refractivity contribution is 6.35. The first-order chi connectivity index (χ1) is 12.0. The molecular formula is C18H15Cl2NO4. The lowest BCUT2D eigenvalue weighted by atomic mass is 10.2. The van der Waals surface area contributed by atoms with Gasteiger partial charge in [0.2, 0.25) is 0 Å². The Hall–Kier alpha value is -2.42. The molecule has 130 valence electrons. The number of esters is 1. The fraction of sp³-hybridized carbons (Fsp3) is 0.222. The largest absolute Gasteiger partial charge is 0.493 e. The summed E-state index contributed by atoms with van der Waals surface area (Å²) in [6.07, 6.45) is 0.616. The third-order valence-corrected chi connectivity index (χ3v) is 3.72. The molecule has 0 spiro atoms. The lowest BCUT2D eigenvalue weighted by molar-refractivity contribution is -0.134. The van der Waals surface area contributed by atoms with Crippen molar-refractivity contribution in [2.24, 2.45) is 0 Å². The lowest BCUT2D eigenvalue weighted by Crippen LogP contribution is -2.10. The molecule has 0 aliphatic carbocycles. The van der Waals surface area contributed by atoms with Crippen LogP contribution in [-0.2, 0) is 4.79 Å². The molecule has 0 atom stereocenters. The van der Waals surface area contributed by atoms with Crippen molar-refractivity contribution < 1.29 is 19.0 Å². The van der Waals surface area contributed by atoms with Crippen LogP contribution in [0.4, 0.5) is 0 Å². The predicted molar refractivity (Wildman–Crippen MR) is 94.5 cm³/mol. The molecule has 0 bridgehead atoms. The van der Waals surface area contributed by atoms with Gasteiger partial charge in [0.15, 0.2) is 11.5 Å². The fourth-order valence-corrected chi connectivity index (χ4v) is 2.45. The molecule has 0 fully saturated rings. The smallest absolute Gasteiger partial charge is 0.311 e. The van der Waals surface area contributed by atoms with Gasteiger partial charge in [0, 0.05) is 17.5 Å². The van der Waals surface area contributed by atoms with E-state index in [4.69, 9.17) is 42.7 Å². The Kier molecular flexibility index (Phi) is 6.93. The number of nitriles is 1. The third-order valence-electron chi connectivity index (χ3n) is 3.19. The van der Waals surface area contributed by atoms with Crippen LogP contribution in [0.25, 0.3) is 0 Å². The second-order valence-electron chi connectivity index (χ2n) is 4.98. The van der Waals surface area contributed by atoms with Crippen LogP contribution in [0, 0.1) is 11.3 Å². The summed E-state index contributed by atoms with van der Waals surface area (Å²) in [5.41, 5.74) is 0.421. The maximum absolute atomic E-state index is 11.9. The molecule has 0 aromatic heterocycles. The first-order valence-corrected chi connectivity index (χ1v) is 8.15. The van der Waals surface area contributed by atoms with Crippen molar-refractivity contribution in [3.63, 3.8) is 0 Å². The molecule has 7 heteroatoms. The van der Waals surface area contributed by atoms with E-state index in [0.717, 1.165) is 0 Å². The Labute approximate surface area is 155 Å². The number of hydrogen-bond donors (Lipinski definition) is 0. The Bertz CT molecular complexity index is 802. The molecule has 5 nitrogen and oxygen atoms in total. The van der Waals surface area contributed by atoms with E-state index >= 15 is 0 Å². The number of hydrogen-bond acceptors (Lipinski definition) is 5. The van der Waals surface area contributed by atoms with Gasteiger partial charge in [-0.2, -0.15) is 5.26 Å². The van der Waals surface area contributed by atoms with E-state index in [1.54, 1.807) is 24.3 Å². The number of nitrogens with zero attached hydrogens (tertiary/aromatic N) is 1. The van der Waals surface area contributed by atoms with Crippen molar-refractivity contribution >= 4 is 29.2 Å². The molecule has 25 heavy (non-hydrogen) atoms. The van der Waals surface area contributed by atoms with Crippen LogP contribution in [0.2, 0.25) is 10.0 Å². The van der Waals surface area contributed by atoms with E-state index in [-0.39, 0.29) is 12.2 Å². The summed E-state index contributed by atoms with van der Waals surface area (Å²) in [4.78, 5) is 11.9. The summed E-state index contributed by atoms with van der Waals surface area (Å²) in [7, 11) is 1.44. The van der Waals surface area contributed by atoms with Crippen molar-refractivity contribution in [2.75, 3.05) is 13.7 Å². The zero-order valence-corrected chi connectivity index (χ0v) is 14.9. The molecule has 2 aromatic carbocycles. The van der Waals surface area contributed by atoms with Gasteiger partial charge < -0.3 is 14.2 Å². The minimum absolute atomic E-state index is 0.161. The second kappa shape index (κ2) is 9.16. The average molecular weight is 380 g/mol. The molecule has 0 heterocycles. The van der Waals surface area contributed by atoms with Gasteiger partial charge in [0.05, 0.1) is 30.4 Å². The van der Waals surface area contributed by atoms with Crippen molar-refractivity contribution in [3.05, 3.63) is 52.0 Å². The van der Waals surface area contributed by atoms with Gasteiger partial charge in [-0.25, -0.2) is 0 Å². The highest BCUT2D eigenvalue weighted by Crippen LogP contribution is 2.29. The molecule has 0 saturated carbocycles. The van der Waals surface area contributed by atoms with E-state index < -0.39 is 5.97 Å². The molecule has 0 aliphatic rings. The number of carbonyl (C=O) groups excluding carboxylic acids is 1. The summed E-state index contributed by atoms with van der Waals surface area (Å²) in [6, 6.07) is 11.5. The molecule has 2 aromatic rings. The third kappa shape index (κ3) is 5.56. The van der Waals surface area contributed by atoms with Crippen LogP contribution in [-0.4, -0.2) is 19.7 Å². The molecule has 2 rings (SSSR count). The minimum atomic E-state index is -0.422. The van der Waals surface area contributed by atoms with Gasteiger partial charge in [-0.15, -0.1) is 0 Å². The van der Waals surface area contributed by atoms with Crippen molar-refractivity contribution in [3.8, 4) is 23.3 Å². The summed E-state index contributed by atoms with van der Waals surface area (Å²) in [6.45, 7) is 0.307. The zero-order chi connectivity index (χ0) is 18.2. The van der Waals surface area contributed by atoms with Crippen LogP contribution < -0.4 is 14.2 Å². The lowest BCUT2D eigenvalue weighted by Gasteiger charge is -2.10. The van der Waals surface area contributed by atoms with Crippen molar-refractivity contribution in [1.82, 2.24) is 0 Å². The zero-order valence-electron chi connectivity index (χ0n) is 13.4. The molecule has 0 saturated heterocycles. The van der Waals surface area contributed by atoms with E-state index in [1.807, 2.05) is 6.07 Å². The quantitative estimate of drug-likeness (QED) is 0.398. The molecule has 0 N–H and O–H groups in total. The first-order valence-electron chi connectivity index (χ1n) is 7.40. The average Bonchev–Trinajstić information content (AvgIpc) is 2.60. The topological polar surface area (TPSA) is 68.5 Å². The van der Waals surface area contributed by atoms with Gasteiger partial charge in [-0.05, 0) is 36.8 Å². The number of rotatable bonds is 7. The van der Waals surface area contributed by atoms with Crippen molar-refractivity contribution in [2.45, 2.75) is 12.8 Å². The Balaban J connectivity index is 1.82. The predicted octanol–water partition coefficient (Wildman–Crippen LogP) is 4.64. The van der Waals surface area contributed by atoms with Gasteiger partial charge in [0.25, 0.3) is 0 Å². The van der Waals surface area contributed by atoms with Crippen LogP contribution in [0.1, 0.15) is 18.4 Å². The van der Waals surface area contributed by atoms with Crippen LogP contribution in [0.5, 0.6) is 17.2 Å². The summed E-state index contributed by atoms with van der Waals surface area (Å²) < 4.78 is 15.9. The van der Waals surface area contributed by atoms with Gasteiger partial charge in [-0.1, -0.05) is 23.2 Å². The van der Waals surface area contributed by atoms with Crippen molar-refractivity contribution in [1.29, 1.82) is 5.26 Å². The fourth-order valence-electron chi connectivity index (χ4n) is 1.99. The maximum atomic E-state index is 11.9. The van der Waals surface area contributed by atoms with Gasteiger partial charge in [0.1, 0.15) is 5.75 Å². The summed E-state index contributed by atoms with van der Waals surface area (Å²) in [5.74, 6) is 0.687. The molecule has 0 amide bonds. The Morgan fingerprint density at radius 1 is 1.12 bits per heavy atom. The summed E-state index contributed by atoms with van der Waals surface area (Å²) in [5, 5.41) is 9.80. The van der Waals surface area contributed by atoms with E-state index in [0.29, 0.717) is 40.1 Å². The van der Waals surface area contributed by atoms with E-state index in [2.05, 4.69) is 0 Å². The Morgan fingerprint density at radius 3 is 2.56 bits per heavy atom. The minimum Gasteiger partial charge on any atom is -0.493 e. The van der Waals surface area contributed by atoms with Crippen LogP contribution in [0.3, 0.4) is 0 Å². The van der Waals surface area contributed by atoms with Gasteiger partial charge >= 0.3 is 5.97 Å². The van der Waals surface area contributed by atoms with E-state index in [1.165, 1.54) is 19.2 Å². The Morgan fingerprint density at radius 2 is 1.88 bits per heavy atom.